The molecule has 2 aromatic rings. The second kappa shape index (κ2) is 7.13. The molecule has 25 heavy (non-hydrogen) atoms. The highest BCUT2D eigenvalue weighted by molar-refractivity contribution is 5.81. The molecule has 0 saturated carbocycles. The van der Waals surface area contributed by atoms with Gasteiger partial charge in [-0.15, -0.1) is 0 Å². The van der Waals surface area contributed by atoms with Crippen molar-refractivity contribution in [1.29, 1.82) is 0 Å². The number of hydrogen-bond donors (Lipinski definition) is 2. The Labute approximate surface area is 149 Å². The topological polar surface area (TPSA) is 67.1 Å². The van der Waals surface area contributed by atoms with Gasteiger partial charge < -0.3 is 16.0 Å². The van der Waals surface area contributed by atoms with Crippen LogP contribution in [0.3, 0.4) is 0 Å². The molecule has 0 amide bonds. The van der Waals surface area contributed by atoms with Gasteiger partial charge in [-0.3, -0.25) is 0 Å². The van der Waals surface area contributed by atoms with Crippen molar-refractivity contribution in [2.75, 3.05) is 29.0 Å². The molecule has 0 radical (unpaired) electrons. The summed E-state index contributed by atoms with van der Waals surface area (Å²) in [6, 6.07) is 8.44. The maximum atomic E-state index is 6.40. The van der Waals surface area contributed by atoms with E-state index < -0.39 is 0 Å². The normalized spacial score (nSPS) is 16.5. The Morgan fingerprint density at radius 1 is 1.12 bits per heavy atom. The molecule has 2 aliphatic rings. The third-order valence-electron chi connectivity index (χ3n) is 5.13. The lowest BCUT2D eigenvalue weighted by molar-refractivity contribution is 0.679. The Balaban J connectivity index is 1.48. The summed E-state index contributed by atoms with van der Waals surface area (Å²) in [6.45, 7) is 1.77. The van der Waals surface area contributed by atoms with E-state index in [0.717, 1.165) is 37.6 Å². The number of para-hydroxylation sites is 1. The van der Waals surface area contributed by atoms with E-state index >= 15 is 0 Å². The lowest BCUT2D eigenvalue weighted by Gasteiger charge is -2.21. The minimum atomic E-state index is 0.636. The summed E-state index contributed by atoms with van der Waals surface area (Å²) in [4.78, 5) is 11.0. The van der Waals surface area contributed by atoms with Crippen LogP contribution in [0.5, 0.6) is 0 Å². The molecule has 4 rings (SSSR count). The smallest absolute Gasteiger partial charge is 0.161 e. The molecule has 1 aromatic heterocycles. The highest BCUT2D eigenvalue weighted by Crippen LogP contribution is 2.37. The zero-order chi connectivity index (χ0) is 17.1. The van der Waals surface area contributed by atoms with Gasteiger partial charge in [-0.05, 0) is 50.2 Å². The van der Waals surface area contributed by atoms with E-state index in [1.165, 1.54) is 36.9 Å². The number of allylic oxidation sites excluding steroid dienone is 1. The minimum Gasteiger partial charge on any atom is -0.393 e. The van der Waals surface area contributed by atoms with E-state index in [-0.39, 0.29) is 0 Å². The van der Waals surface area contributed by atoms with Gasteiger partial charge in [0, 0.05) is 18.8 Å². The van der Waals surface area contributed by atoms with Gasteiger partial charge in [0.1, 0.15) is 12.0 Å². The third-order valence-corrected chi connectivity index (χ3v) is 5.13. The molecule has 0 fully saturated rings. The zero-order valence-corrected chi connectivity index (χ0v) is 14.5. The van der Waals surface area contributed by atoms with Crippen molar-refractivity contribution in [2.24, 2.45) is 0 Å². The predicted molar refractivity (Wildman–Crippen MR) is 103 cm³/mol. The van der Waals surface area contributed by atoms with Gasteiger partial charge >= 0.3 is 0 Å². The summed E-state index contributed by atoms with van der Waals surface area (Å²) in [6.07, 6.45) is 11.2. The van der Waals surface area contributed by atoms with Crippen LogP contribution in [0.25, 0.3) is 0 Å². The Hall–Kier alpha value is -2.56. The molecule has 130 valence electrons. The molecule has 0 spiro atoms. The van der Waals surface area contributed by atoms with Crippen LogP contribution < -0.4 is 16.0 Å². The monoisotopic (exact) mass is 335 g/mol. The molecule has 0 saturated heterocycles. The molecular weight excluding hydrogens is 310 g/mol. The van der Waals surface area contributed by atoms with Gasteiger partial charge in [0.05, 0.1) is 0 Å². The van der Waals surface area contributed by atoms with Gasteiger partial charge in [0.25, 0.3) is 0 Å². The van der Waals surface area contributed by atoms with Crippen LogP contribution >= 0.6 is 0 Å². The van der Waals surface area contributed by atoms with Crippen LogP contribution in [0.4, 0.5) is 23.0 Å². The third kappa shape index (κ3) is 3.31. The number of fused-ring (bicyclic) bond motifs is 1. The lowest BCUT2D eigenvalue weighted by Crippen LogP contribution is -2.18. The number of nitrogens with zero attached hydrogens (tertiary/aromatic N) is 3. The largest absolute Gasteiger partial charge is 0.393 e. The second-order valence-corrected chi connectivity index (χ2v) is 6.77. The Morgan fingerprint density at radius 3 is 2.92 bits per heavy atom. The maximum absolute atomic E-state index is 6.40. The molecule has 0 bridgehead atoms. The van der Waals surface area contributed by atoms with E-state index in [1.54, 1.807) is 11.9 Å². The number of rotatable bonds is 5. The zero-order valence-electron chi connectivity index (χ0n) is 14.5. The van der Waals surface area contributed by atoms with Gasteiger partial charge in [0.2, 0.25) is 0 Å². The molecule has 0 unspecified atom stereocenters. The summed E-state index contributed by atoms with van der Waals surface area (Å²) < 4.78 is 0. The van der Waals surface area contributed by atoms with Crippen LogP contribution in [0, 0.1) is 0 Å². The van der Waals surface area contributed by atoms with Crippen LogP contribution in [-0.2, 0) is 6.42 Å². The van der Waals surface area contributed by atoms with E-state index in [0.29, 0.717) is 5.69 Å². The van der Waals surface area contributed by atoms with Gasteiger partial charge in [-0.2, -0.15) is 0 Å². The quantitative estimate of drug-likeness (QED) is 0.807. The summed E-state index contributed by atoms with van der Waals surface area (Å²) in [5.74, 6) is 1.55. The highest BCUT2D eigenvalue weighted by atomic mass is 15.2. The molecule has 3 N–H and O–H groups in total. The first kappa shape index (κ1) is 15.9. The molecule has 5 nitrogen and oxygen atoms in total. The van der Waals surface area contributed by atoms with Crippen LogP contribution in [-0.4, -0.2) is 23.1 Å². The minimum absolute atomic E-state index is 0.636. The average molecular weight is 335 g/mol. The van der Waals surface area contributed by atoms with Crippen LogP contribution in [0.1, 0.15) is 37.7 Å². The Morgan fingerprint density at radius 2 is 2.04 bits per heavy atom. The first-order valence-electron chi connectivity index (χ1n) is 9.20. The number of nitrogens with two attached hydrogens (primary N) is 1. The van der Waals surface area contributed by atoms with E-state index in [1.807, 2.05) is 0 Å². The van der Waals surface area contributed by atoms with Crippen molar-refractivity contribution >= 4 is 23.0 Å². The first-order valence-corrected chi connectivity index (χ1v) is 9.20. The lowest BCUT2D eigenvalue weighted by atomic mass is 9.97. The Kier molecular flexibility index (Phi) is 4.55. The number of aromatic nitrogens is 2. The van der Waals surface area contributed by atoms with Crippen LogP contribution in [0.15, 0.2) is 42.2 Å². The van der Waals surface area contributed by atoms with Crippen molar-refractivity contribution < 1.29 is 0 Å². The summed E-state index contributed by atoms with van der Waals surface area (Å²) in [5, 5.41) is 3.40. The highest BCUT2D eigenvalue weighted by Gasteiger charge is 2.23. The fourth-order valence-corrected chi connectivity index (χ4v) is 3.77. The molecule has 5 heteroatoms. The summed E-state index contributed by atoms with van der Waals surface area (Å²) >= 11 is 0. The van der Waals surface area contributed by atoms with Crippen molar-refractivity contribution in [3.63, 3.8) is 0 Å². The van der Waals surface area contributed by atoms with Gasteiger partial charge in [-0.1, -0.05) is 29.8 Å². The fourth-order valence-electron chi connectivity index (χ4n) is 3.77. The van der Waals surface area contributed by atoms with Crippen molar-refractivity contribution in [3.8, 4) is 0 Å². The molecular formula is C20H25N5. The maximum Gasteiger partial charge on any atom is 0.161 e. The molecule has 1 aliphatic carbocycles. The SMILES string of the molecule is Nc1c(NCCC2=CCCCC2)ncnc1N1CCc2ccccc21. The van der Waals surface area contributed by atoms with Crippen molar-refractivity contribution in [2.45, 2.75) is 38.5 Å². The van der Waals surface area contributed by atoms with E-state index in [4.69, 9.17) is 5.73 Å². The molecule has 2 heterocycles. The Bertz CT molecular complexity index is 783. The molecule has 0 atom stereocenters. The van der Waals surface area contributed by atoms with Gasteiger partial charge in [0.15, 0.2) is 11.6 Å². The predicted octanol–water partition coefficient (Wildman–Crippen LogP) is 4.06. The number of hydrogen-bond acceptors (Lipinski definition) is 5. The average Bonchev–Trinajstić information content (AvgIpc) is 3.08. The van der Waals surface area contributed by atoms with Gasteiger partial charge in [-0.25, -0.2) is 9.97 Å². The number of nitrogen functional groups attached to an aromatic ring is 1. The van der Waals surface area contributed by atoms with Crippen molar-refractivity contribution in [1.82, 2.24) is 9.97 Å². The van der Waals surface area contributed by atoms with Crippen molar-refractivity contribution in [3.05, 3.63) is 47.8 Å². The summed E-state index contributed by atoms with van der Waals surface area (Å²) in [5.41, 5.74) is 11.1. The summed E-state index contributed by atoms with van der Waals surface area (Å²) in [7, 11) is 0. The first-order chi connectivity index (χ1) is 12.3. The standard InChI is InChI=1S/C20H25N5/c21-18-19(22-12-10-15-6-2-1-3-7-15)23-14-24-20(18)25-13-11-16-8-4-5-9-17(16)25/h4-6,8-9,14H,1-3,7,10-13,21H2,(H,22,23,24). The number of benzene rings is 1. The van der Waals surface area contributed by atoms with Crippen LogP contribution in [0.2, 0.25) is 0 Å². The van der Waals surface area contributed by atoms with E-state index in [9.17, 15) is 0 Å². The molecule has 1 aromatic carbocycles. The fraction of sp³-hybridized carbons (Fsp3) is 0.400. The second-order valence-electron chi connectivity index (χ2n) is 6.77. The number of nitrogens with one attached hydrogen (secondary N) is 1. The number of anilines is 4. The van der Waals surface area contributed by atoms with E-state index in [2.05, 4.69) is 50.5 Å². The molecule has 1 aliphatic heterocycles.